The Morgan fingerprint density at radius 3 is 2.71 bits per heavy atom. The van der Waals surface area contributed by atoms with Gasteiger partial charge in [0.1, 0.15) is 0 Å². The van der Waals surface area contributed by atoms with E-state index >= 15 is 0 Å². The number of nitrogens with zero attached hydrogens (tertiary/aromatic N) is 1. The first-order valence-electron chi connectivity index (χ1n) is 5.64. The van der Waals surface area contributed by atoms with E-state index < -0.39 is 0 Å². The lowest BCUT2D eigenvalue weighted by Crippen LogP contribution is -2.44. The Labute approximate surface area is 92.8 Å². The molecule has 0 bridgehead atoms. The lowest BCUT2D eigenvalue weighted by atomic mass is 9.99. The molecule has 3 heteroatoms. The van der Waals surface area contributed by atoms with Gasteiger partial charge in [0.25, 0.3) is 0 Å². The van der Waals surface area contributed by atoms with Crippen molar-refractivity contribution in [3.8, 4) is 0 Å². The smallest absolute Gasteiger partial charge is 0.00717 e. The second-order valence-corrected chi connectivity index (χ2v) is 5.41. The molecule has 1 fully saturated rings. The Morgan fingerprint density at radius 2 is 2.21 bits per heavy atom. The topological polar surface area (TPSA) is 15.3 Å². The lowest BCUT2D eigenvalue weighted by molar-refractivity contribution is 0.213. The number of thioether (sulfide) groups is 1. The summed E-state index contributed by atoms with van der Waals surface area (Å²) < 4.78 is 0. The molecule has 1 unspecified atom stereocenters. The molecule has 1 heterocycles. The minimum absolute atomic E-state index is 0.746. The molecule has 1 aliphatic heterocycles. The second kappa shape index (κ2) is 6.70. The van der Waals surface area contributed by atoms with Crippen molar-refractivity contribution in [2.75, 3.05) is 38.7 Å². The summed E-state index contributed by atoms with van der Waals surface area (Å²) in [6.07, 6.45) is 4.88. The van der Waals surface area contributed by atoms with Crippen LogP contribution >= 0.6 is 11.8 Å². The maximum atomic E-state index is 3.33. The quantitative estimate of drug-likeness (QED) is 0.697. The largest absolute Gasteiger partial charge is 0.316 e. The van der Waals surface area contributed by atoms with Gasteiger partial charge in [0.15, 0.2) is 0 Å². The van der Waals surface area contributed by atoms with Gasteiger partial charge in [0.05, 0.1) is 0 Å². The monoisotopic (exact) mass is 216 g/mol. The molecular formula is C11H24N2S. The van der Waals surface area contributed by atoms with Gasteiger partial charge < -0.3 is 10.2 Å². The fraction of sp³-hybridized carbons (Fsp3) is 1.00. The van der Waals surface area contributed by atoms with Crippen LogP contribution in [0.15, 0.2) is 0 Å². The molecule has 0 aliphatic carbocycles. The Kier molecular flexibility index (Phi) is 5.90. The summed E-state index contributed by atoms with van der Waals surface area (Å²) in [5, 5.41) is 3.33. The summed E-state index contributed by atoms with van der Waals surface area (Å²) in [4.78, 5) is 2.51. The summed E-state index contributed by atoms with van der Waals surface area (Å²) >= 11 is 1.95. The molecule has 14 heavy (non-hydrogen) atoms. The summed E-state index contributed by atoms with van der Waals surface area (Å²) in [6.45, 7) is 6.09. The van der Waals surface area contributed by atoms with Crippen LogP contribution in [0.2, 0.25) is 0 Å². The zero-order chi connectivity index (χ0) is 10.4. The van der Waals surface area contributed by atoms with Gasteiger partial charge in [0.2, 0.25) is 0 Å². The summed E-state index contributed by atoms with van der Waals surface area (Å²) in [6, 6.07) is 0.746. The first kappa shape index (κ1) is 12.3. The molecule has 0 aromatic heterocycles. The minimum Gasteiger partial charge on any atom is -0.316 e. The molecule has 0 radical (unpaired) electrons. The van der Waals surface area contributed by atoms with E-state index in [1.54, 1.807) is 0 Å². The number of rotatable bonds is 7. The van der Waals surface area contributed by atoms with Gasteiger partial charge in [0, 0.05) is 6.04 Å². The molecule has 84 valence electrons. The first-order valence-corrected chi connectivity index (χ1v) is 7.03. The fourth-order valence-electron chi connectivity index (χ4n) is 1.67. The van der Waals surface area contributed by atoms with Gasteiger partial charge in [-0.05, 0) is 64.4 Å². The standard InChI is InChI=1S/C11H24N2S/c1-10(5-7-14-3)13(2)6-4-11-8-12-9-11/h10-12H,4-9H2,1-3H3. The normalized spacial score (nSPS) is 19.7. The fourth-order valence-corrected chi connectivity index (χ4v) is 2.24. The highest BCUT2D eigenvalue weighted by Gasteiger charge is 2.17. The SMILES string of the molecule is CSCCC(C)N(C)CCC1CNC1. The zero-order valence-corrected chi connectivity index (χ0v) is 10.6. The molecule has 1 atom stereocenters. The Bertz CT molecular complexity index is 148. The van der Waals surface area contributed by atoms with E-state index in [2.05, 4.69) is 30.4 Å². The van der Waals surface area contributed by atoms with Crippen LogP contribution in [0.4, 0.5) is 0 Å². The average molecular weight is 216 g/mol. The van der Waals surface area contributed by atoms with Gasteiger partial charge in [-0.2, -0.15) is 11.8 Å². The van der Waals surface area contributed by atoms with Crippen molar-refractivity contribution in [1.29, 1.82) is 0 Å². The minimum atomic E-state index is 0.746. The van der Waals surface area contributed by atoms with Gasteiger partial charge >= 0.3 is 0 Å². The number of hydrogen-bond donors (Lipinski definition) is 1. The number of hydrogen-bond acceptors (Lipinski definition) is 3. The van der Waals surface area contributed by atoms with E-state index in [0.29, 0.717) is 0 Å². The first-order chi connectivity index (χ1) is 6.74. The van der Waals surface area contributed by atoms with Crippen LogP contribution in [0, 0.1) is 5.92 Å². The molecule has 1 aliphatic rings. The van der Waals surface area contributed by atoms with Crippen molar-refractivity contribution < 1.29 is 0 Å². The highest BCUT2D eigenvalue weighted by Crippen LogP contribution is 2.11. The summed E-state index contributed by atoms with van der Waals surface area (Å²) in [5.74, 6) is 2.24. The Morgan fingerprint density at radius 1 is 1.50 bits per heavy atom. The predicted molar refractivity (Wildman–Crippen MR) is 66.1 cm³/mol. The van der Waals surface area contributed by atoms with E-state index in [-0.39, 0.29) is 0 Å². The second-order valence-electron chi connectivity index (χ2n) is 4.42. The maximum absolute atomic E-state index is 3.33. The molecule has 0 spiro atoms. The highest BCUT2D eigenvalue weighted by molar-refractivity contribution is 7.98. The van der Waals surface area contributed by atoms with Crippen molar-refractivity contribution in [2.45, 2.75) is 25.8 Å². The highest BCUT2D eigenvalue weighted by atomic mass is 32.2. The molecular weight excluding hydrogens is 192 g/mol. The van der Waals surface area contributed by atoms with Crippen LogP contribution in [-0.2, 0) is 0 Å². The molecule has 0 aromatic rings. The van der Waals surface area contributed by atoms with Crippen LogP contribution in [0.3, 0.4) is 0 Å². The van der Waals surface area contributed by atoms with Gasteiger partial charge in [-0.15, -0.1) is 0 Å². The predicted octanol–water partition coefficient (Wildman–Crippen LogP) is 1.67. The van der Waals surface area contributed by atoms with Gasteiger partial charge in [-0.3, -0.25) is 0 Å². The molecule has 1 N–H and O–H groups in total. The number of nitrogens with one attached hydrogen (secondary N) is 1. The van der Waals surface area contributed by atoms with Crippen LogP contribution in [0.25, 0.3) is 0 Å². The third-order valence-corrected chi connectivity index (χ3v) is 3.89. The maximum Gasteiger partial charge on any atom is 0.00717 e. The van der Waals surface area contributed by atoms with E-state index in [1.807, 2.05) is 11.8 Å². The molecule has 2 nitrogen and oxygen atoms in total. The van der Waals surface area contributed by atoms with Crippen LogP contribution in [0.5, 0.6) is 0 Å². The van der Waals surface area contributed by atoms with Crippen LogP contribution < -0.4 is 5.32 Å². The van der Waals surface area contributed by atoms with Crippen LogP contribution in [0.1, 0.15) is 19.8 Å². The molecule has 0 aromatic carbocycles. The van der Waals surface area contributed by atoms with Crippen LogP contribution in [-0.4, -0.2) is 49.6 Å². The Hall–Kier alpha value is 0.270. The van der Waals surface area contributed by atoms with E-state index in [9.17, 15) is 0 Å². The Balaban J connectivity index is 2.03. The third-order valence-electron chi connectivity index (χ3n) is 3.25. The molecule has 0 saturated carbocycles. The van der Waals surface area contributed by atoms with E-state index in [4.69, 9.17) is 0 Å². The average Bonchev–Trinajstić information content (AvgIpc) is 2.11. The van der Waals surface area contributed by atoms with E-state index in [1.165, 1.54) is 38.2 Å². The van der Waals surface area contributed by atoms with Gasteiger partial charge in [-0.25, -0.2) is 0 Å². The van der Waals surface area contributed by atoms with E-state index in [0.717, 1.165) is 12.0 Å². The van der Waals surface area contributed by atoms with Gasteiger partial charge in [-0.1, -0.05) is 0 Å². The summed E-state index contributed by atoms with van der Waals surface area (Å²) in [7, 11) is 2.26. The van der Waals surface area contributed by atoms with Crippen molar-refractivity contribution >= 4 is 11.8 Å². The zero-order valence-electron chi connectivity index (χ0n) is 9.75. The van der Waals surface area contributed by atoms with Crippen molar-refractivity contribution in [3.63, 3.8) is 0 Å². The molecule has 1 saturated heterocycles. The lowest BCUT2D eigenvalue weighted by Gasteiger charge is -2.31. The summed E-state index contributed by atoms with van der Waals surface area (Å²) in [5.41, 5.74) is 0. The molecule has 1 rings (SSSR count). The third kappa shape index (κ3) is 4.20. The van der Waals surface area contributed by atoms with Crippen molar-refractivity contribution in [3.05, 3.63) is 0 Å². The molecule has 0 amide bonds. The van der Waals surface area contributed by atoms with Crippen molar-refractivity contribution in [2.24, 2.45) is 5.92 Å². The van der Waals surface area contributed by atoms with Crippen molar-refractivity contribution in [1.82, 2.24) is 10.2 Å².